The fourth-order valence-corrected chi connectivity index (χ4v) is 1.96. The van der Waals surface area contributed by atoms with Gasteiger partial charge in [0.15, 0.2) is 0 Å². The van der Waals surface area contributed by atoms with E-state index in [-0.39, 0.29) is 16.6 Å². The second kappa shape index (κ2) is 9.39. The number of nitrogens with one attached hydrogen (secondary N) is 1. The molecule has 0 radical (unpaired) electrons. The van der Waals surface area contributed by atoms with Gasteiger partial charge in [-0.25, -0.2) is 4.68 Å². The zero-order valence-electron chi connectivity index (χ0n) is 12.5. The zero-order chi connectivity index (χ0) is 15.7. The van der Waals surface area contributed by atoms with Crippen molar-refractivity contribution < 1.29 is 9.53 Å². The third kappa shape index (κ3) is 5.75. The number of anilines is 1. The molecule has 7 heteroatoms. The van der Waals surface area contributed by atoms with Crippen LogP contribution in [0.25, 0.3) is 0 Å². The van der Waals surface area contributed by atoms with Gasteiger partial charge in [-0.15, -0.1) is 0 Å². The quantitative estimate of drug-likeness (QED) is 0.560. The monoisotopic (exact) mass is 315 g/mol. The standard InChI is InChI=1S/C14H22ClN3O3/c1-3-5-9-18-14(20)13(15)11(10-17-18)16-8-6-7-12(19)21-4-2/h10,16H,3-9H2,1-2H3. The fraction of sp³-hybridized carbons (Fsp3) is 0.643. The number of ether oxygens (including phenoxy) is 1. The van der Waals surface area contributed by atoms with Crippen LogP contribution in [0.2, 0.25) is 5.02 Å². The SMILES string of the molecule is CCCCn1ncc(NCCCC(=O)OCC)c(Cl)c1=O. The summed E-state index contributed by atoms with van der Waals surface area (Å²) in [4.78, 5) is 23.2. The van der Waals surface area contributed by atoms with Crippen LogP contribution in [0.3, 0.4) is 0 Å². The molecule has 0 aliphatic heterocycles. The Kier molecular flexibility index (Phi) is 7.82. The van der Waals surface area contributed by atoms with Crippen LogP contribution in [0.5, 0.6) is 0 Å². The summed E-state index contributed by atoms with van der Waals surface area (Å²) < 4.78 is 6.20. The average molecular weight is 316 g/mol. The normalized spacial score (nSPS) is 10.4. The Bertz CT molecular complexity index is 517. The average Bonchev–Trinajstić information content (AvgIpc) is 2.47. The number of aromatic nitrogens is 2. The van der Waals surface area contributed by atoms with Gasteiger partial charge in [-0.3, -0.25) is 9.59 Å². The van der Waals surface area contributed by atoms with Crippen LogP contribution in [0.15, 0.2) is 11.0 Å². The minimum Gasteiger partial charge on any atom is -0.466 e. The molecule has 0 saturated heterocycles. The van der Waals surface area contributed by atoms with Crippen LogP contribution >= 0.6 is 11.6 Å². The molecule has 0 amide bonds. The topological polar surface area (TPSA) is 73.2 Å². The number of hydrogen-bond donors (Lipinski definition) is 1. The maximum absolute atomic E-state index is 12.0. The van der Waals surface area contributed by atoms with Gasteiger partial charge < -0.3 is 10.1 Å². The second-order valence-electron chi connectivity index (χ2n) is 4.59. The molecule has 1 rings (SSSR count). The molecule has 0 atom stereocenters. The highest BCUT2D eigenvalue weighted by molar-refractivity contribution is 6.32. The third-order valence-corrected chi connectivity index (χ3v) is 3.25. The van der Waals surface area contributed by atoms with Gasteiger partial charge in [0.25, 0.3) is 5.56 Å². The van der Waals surface area contributed by atoms with Crippen molar-refractivity contribution in [3.8, 4) is 0 Å². The van der Waals surface area contributed by atoms with Crippen LogP contribution in [-0.2, 0) is 16.1 Å². The number of halogens is 1. The van der Waals surface area contributed by atoms with Gasteiger partial charge in [0.2, 0.25) is 0 Å². The fourth-order valence-electron chi connectivity index (χ4n) is 1.74. The van der Waals surface area contributed by atoms with E-state index in [9.17, 15) is 9.59 Å². The number of carbonyl (C=O) groups excluding carboxylic acids is 1. The van der Waals surface area contributed by atoms with Gasteiger partial charge in [-0.1, -0.05) is 24.9 Å². The summed E-state index contributed by atoms with van der Waals surface area (Å²) in [5.74, 6) is -0.224. The molecule has 21 heavy (non-hydrogen) atoms. The van der Waals surface area contributed by atoms with Crippen molar-refractivity contribution in [2.45, 2.75) is 46.1 Å². The Morgan fingerprint density at radius 1 is 1.43 bits per heavy atom. The molecule has 0 aliphatic carbocycles. The summed E-state index contributed by atoms with van der Waals surface area (Å²) in [7, 11) is 0. The van der Waals surface area contributed by atoms with Gasteiger partial charge >= 0.3 is 5.97 Å². The zero-order valence-corrected chi connectivity index (χ0v) is 13.3. The number of hydrogen-bond acceptors (Lipinski definition) is 5. The Hall–Kier alpha value is -1.56. The van der Waals surface area contributed by atoms with Gasteiger partial charge in [-0.2, -0.15) is 5.10 Å². The molecule has 0 saturated carbocycles. The maximum Gasteiger partial charge on any atom is 0.305 e. The number of nitrogens with zero attached hydrogens (tertiary/aromatic N) is 2. The van der Waals surface area contributed by atoms with E-state index >= 15 is 0 Å². The van der Waals surface area contributed by atoms with E-state index in [0.29, 0.717) is 38.2 Å². The van der Waals surface area contributed by atoms with Crippen LogP contribution < -0.4 is 10.9 Å². The maximum atomic E-state index is 12.0. The molecule has 0 unspecified atom stereocenters. The lowest BCUT2D eigenvalue weighted by Gasteiger charge is -2.10. The largest absolute Gasteiger partial charge is 0.466 e. The van der Waals surface area contributed by atoms with Crippen molar-refractivity contribution in [2.75, 3.05) is 18.5 Å². The molecule has 1 aromatic rings. The van der Waals surface area contributed by atoms with Crippen molar-refractivity contribution in [1.29, 1.82) is 0 Å². The van der Waals surface area contributed by atoms with Crippen LogP contribution in [0.4, 0.5) is 5.69 Å². The molecule has 0 bridgehead atoms. The highest BCUT2D eigenvalue weighted by Gasteiger charge is 2.09. The molecule has 1 heterocycles. The van der Waals surface area contributed by atoms with E-state index < -0.39 is 0 Å². The predicted octanol–water partition coefficient (Wildman–Crippen LogP) is 2.45. The van der Waals surface area contributed by atoms with E-state index in [1.54, 1.807) is 13.1 Å². The van der Waals surface area contributed by atoms with Gasteiger partial charge in [-0.05, 0) is 19.8 Å². The number of esters is 1. The van der Waals surface area contributed by atoms with Gasteiger partial charge in [0.05, 0.1) is 18.5 Å². The second-order valence-corrected chi connectivity index (χ2v) is 4.97. The molecule has 0 fully saturated rings. The first-order chi connectivity index (χ1) is 10.1. The summed E-state index contributed by atoms with van der Waals surface area (Å²) in [6, 6.07) is 0. The molecule has 1 N–H and O–H groups in total. The van der Waals surface area contributed by atoms with Crippen molar-refractivity contribution >= 4 is 23.3 Å². The molecule has 0 aromatic carbocycles. The van der Waals surface area contributed by atoms with Gasteiger partial charge in [0.1, 0.15) is 5.02 Å². The number of aryl methyl sites for hydroxylation is 1. The summed E-state index contributed by atoms with van der Waals surface area (Å²) in [6.45, 7) is 5.30. The molecule has 0 aliphatic rings. The molecular weight excluding hydrogens is 294 g/mol. The van der Waals surface area contributed by atoms with E-state index in [0.717, 1.165) is 12.8 Å². The smallest absolute Gasteiger partial charge is 0.305 e. The number of rotatable bonds is 9. The first kappa shape index (κ1) is 17.5. The lowest BCUT2D eigenvalue weighted by molar-refractivity contribution is -0.143. The lowest BCUT2D eigenvalue weighted by atomic mass is 10.3. The van der Waals surface area contributed by atoms with Crippen molar-refractivity contribution in [3.05, 3.63) is 21.6 Å². The lowest BCUT2D eigenvalue weighted by Crippen LogP contribution is -2.24. The number of unbranched alkanes of at least 4 members (excludes halogenated alkanes) is 1. The van der Waals surface area contributed by atoms with E-state index in [1.807, 2.05) is 6.92 Å². The summed E-state index contributed by atoms with van der Waals surface area (Å²) in [5, 5.41) is 7.24. The van der Waals surface area contributed by atoms with E-state index in [1.165, 1.54) is 4.68 Å². The summed E-state index contributed by atoms with van der Waals surface area (Å²) in [5.41, 5.74) is 0.207. The van der Waals surface area contributed by atoms with Gasteiger partial charge in [0, 0.05) is 19.5 Å². The van der Waals surface area contributed by atoms with Crippen LogP contribution in [-0.4, -0.2) is 28.9 Å². The Balaban J connectivity index is 2.51. The number of carbonyl (C=O) groups is 1. The van der Waals surface area contributed by atoms with E-state index in [2.05, 4.69) is 10.4 Å². The molecular formula is C14H22ClN3O3. The highest BCUT2D eigenvalue weighted by Crippen LogP contribution is 2.15. The minimum absolute atomic E-state index is 0.136. The summed E-state index contributed by atoms with van der Waals surface area (Å²) in [6.07, 6.45) is 4.35. The first-order valence-electron chi connectivity index (χ1n) is 7.25. The highest BCUT2D eigenvalue weighted by atomic mass is 35.5. The molecule has 118 valence electrons. The molecule has 0 spiro atoms. The summed E-state index contributed by atoms with van der Waals surface area (Å²) >= 11 is 6.04. The van der Waals surface area contributed by atoms with Crippen molar-refractivity contribution in [2.24, 2.45) is 0 Å². The van der Waals surface area contributed by atoms with Crippen molar-refractivity contribution in [1.82, 2.24) is 9.78 Å². The van der Waals surface area contributed by atoms with Crippen LogP contribution in [0, 0.1) is 0 Å². The Morgan fingerprint density at radius 3 is 2.86 bits per heavy atom. The first-order valence-corrected chi connectivity index (χ1v) is 7.63. The van der Waals surface area contributed by atoms with E-state index in [4.69, 9.17) is 16.3 Å². The predicted molar refractivity (Wildman–Crippen MR) is 82.8 cm³/mol. The van der Waals surface area contributed by atoms with Crippen molar-refractivity contribution in [3.63, 3.8) is 0 Å². The third-order valence-electron chi connectivity index (χ3n) is 2.89. The minimum atomic E-state index is -0.291. The Labute approximate surface area is 129 Å². The Morgan fingerprint density at radius 2 is 2.19 bits per heavy atom. The molecule has 1 aromatic heterocycles. The molecule has 6 nitrogen and oxygen atoms in total. The van der Waals surface area contributed by atoms with Crippen LogP contribution in [0.1, 0.15) is 39.5 Å².